The van der Waals surface area contributed by atoms with E-state index in [0.29, 0.717) is 6.42 Å². The summed E-state index contributed by atoms with van der Waals surface area (Å²) in [6.45, 7) is 2.13. The maximum Gasteiger partial charge on any atom is 0.194 e. The molecule has 96 valence electrons. The third-order valence-electron chi connectivity index (χ3n) is 2.38. The number of alkyl halides is 3. The molecule has 1 rings (SSSR count). The normalized spacial score (nSPS) is 13.4. The number of hydrogen-bond donors (Lipinski definition) is 0. The lowest BCUT2D eigenvalue weighted by Crippen LogP contribution is -2.23. The van der Waals surface area contributed by atoms with Gasteiger partial charge in [0.2, 0.25) is 0 Å². The first-order chi connectivity index (χ1) is 8.01. The molecule has 1 aromatic carbocycles. The highest BCUT2D eigenvalue weighted by Crippen LogP contribution is 2.33. The number of benzene rings is 1. The first-order valence-electron chi connectivity index (χ1n) is 5.79. The summed E-state index contributed by atoms with van der Waals surface area (Å²) in [5.41, 5.74) is 0. The monoisotopic (exact) mass is 294 g/mol. The molecule has 0 amide bonds. The van der Waals surface area contributed by atoms with Crippen LogP contribution in [0.25, 0.3) is 0 Å². The number of para-hydroxylation sites is 1. The number of halogens is 3. The van der Waals surface area contributed by atoms with Crippen LogP contribution in [0.3, 0.4) is 0 Å². The molecule has 0 saturated carbocycles. The Kier molecular flexibility index (Phi) is 6.47. The Morgan fingerprint density at radius 1 is 1.18 bits per heavy atom. The predicted molar refractivity (Wildman–Crippen MR) is 75.3 cm³/mol. The Labute approximate surface area is 118 Å². The Morgan fingerprint density at radius 2 is 1.82 bits per heavy atom. The third kappa shape index (κ3) is 7.03. The van der Waals surface area contributed by atoms with Crippen molar-refractivity contribution in [2.45, 2.75) is 42.5 Å². The molecular weight excluding hydrogens is 279 g/mol. The zero-order valence-electron chi connectivity index (χ0n) is 9.83. The zero-order valence-corrected chi connectivity index (χ0v) is 12.1. The van der Waals surface area contributed by atoms with Crippen LogP contribution in [-0.4, -0.2) is 9.90 Å². The molecule has 17 heavy (non-hydrogen) atoms. The summed E-state index contributed by atoms with van der Waals surface area (Å²) in [4.78, 5) is 0. The van der Waals surface area contributed by atoms with Gasteiger partial charge in [0, 0.05) is 6.42 Å². The molecule has 1 nitrogen and oxygen atoms in total. The van der Waals surface area contributed by atoms with Gasteiger partial charge < -0.3 is 4.74 Å². The van der Waals surface area contributed by atoms with Crippen LogP contribution in [0, 0.1) is 0 Å². The number of unbranched alkanes of at least 4 members (excludes halogenated alkanes) is 1. The molecule has 0 spiro atoms. The van der Waals surface area contributed by atoms with E-state index in [1.807, 2.05) is 30.3 Å². The van der Waals surface area contributed by atoms with Gasteiger partial charge >= 0.3 is 0 Å². The number of ether oxygens (including phenoxy) is 1. The summed E-state index contributed by atoms with van der Waals surface area (Å²) < 4.78 is 4.58. The van der Waals surface area contributed by atoms with Crippen molar-refractivity contribution in [2.24, 2.45) is 0 Å². The summed E-state index contributed by atoms with van der Waals surface area (Å²) >= 11 is 17.5. The Hall–Kier alpha value is -0.110. The van der Waals surface area contributed by atoms with E-state index in [1.165, 1.54) is 0 Å². The fourth-order valence-corrected chi connectivity index (χ4v) is 2.10. The summed E-state index contributed by atoms with van der Waals surface area (Å²) in [5, 5.41) is 0. The van der Waals surface area contributed by atoms with Crippen molar-refractivity contribution in [1.82, 2.24) is 0 Å². The van der Waals surface area contributed by atoms with E-state index in [-0.39, 0.29) is 6.10 Å². The molecule has 0 aliphatic rings. The zero-order chi connectivity index (χ0) is 12.7. The largest absolute Gasteiger partial charge is 0.490 e. The van der Waals surface area contributed by atoms with Gasteiger partial charge in [0.1, 0.15) is 11.9 Å². The summed E-state index contributed by atoms with van der Waals surface area (Å²) in [5.74, 6) is 0.822. The molecule has 0 aliphatic carbocycles. The van der Waals surface area contributed by atoms with Crippen molar-refractivity contribution in [3.05, 3.63) is 30.3 Å². The van der Waals surface area contributed by atoms with E-state index >= 15 is 0 Å². The van der Waals surface area contributed by atoms with E-state index in [2.05, 4.69) is 6.92 Å². The average Bonchev–Trinajstić information content (AvgIpc) is 2.25. The molecule has 0 aromatic heterocycles. The summed E-state index contributed by atoms with van der Waals surface area (Å²) in [6, 6.07) is 9.64. The van der Waals surface area contributed by atoms with E-state index in [4.69, 9.17) is 39.5 Å². The lowest BCUT2D eigenvalue weighted by molar-refractivity contribution is 0.179. The van der Waals surface area contributed by atoms with Crippen molar-refractivity contribution in [1.29, 1.82) is 0 Å². The maximum atomic E-state index is 5.84. The van der Waals surface area contributed by atoms with Crippen LogP contribution in [-0.2, 0) is 0 Å². The van der Waals surface area contributed by atoms with Crippen LogP contribution in [0.4, 0.5) is 0 Å². The molecule has 1 aromatic rings. The molecule has 1 atom stereocenters. The quantitative estimate of drug-likeness (QED) is 0.640. The lowest BCUT2D eigenvalue weighted by Gasteiger charge is -2.22. The summed E-state index contributed by atoms with van der Waals surface area (Å²) in [7, 11) is 0. The van der Waals surface area contributed by atoms with E-state index in [1.54, 1.807) is 0 Å². The second-order valence-corrected chi connectivity index (χ2v) is 6.53. The van der Waals surface area contributed by atoms with Gasteiger partial charge in [-0.1, -0.05) is 72.8 Å². The van der Waals surface area contributed by atoms with Crippen molar-refractivity contribution in [3.8, 4) is 5.75 Å². The summed E-state index contributed by atoms with van der Waals surface area (Å²) in [6.07, 6.45) is 3.43. The molecule has 4 heteroatoms. The van der Waals surface area contributed by atoms with Gasteiger partial charge in [-0.05, 0) is 18.6 Å². The molecule has 0 bridgehead atoms. The van der Waals surface area contributed by atoms with Crippen LogP contribution in [0.1, 0.15) is 32.6 Å². The second-order valence-electron chi connectivity index (χ2n) is 4.01. The topological polar surface area (TPSA) is 9.23 Å². The van der Waals surface area contributed by atoms with Gasteiger partial charge in [-0.25, -0.2) is 0 Å². The second kappa shape index (κ2) is 7.35. The van der Waals surface area contributed by atoms with Gasteiger partial charge in [0.25, 0.3) is 0 Å². The average molecular weight is 296 g/mol. The molecule has 0 N–H and O–H groups in total. The van der Waals surface area contributed by atoms with E-state index in [9.17, 15) is 0 Å². The molecule has 0 fully saturated rings. The minimum absolute atomic E-state index is 0.0511. The molecule has 0 radical (unpaired) electrons. The first-order valence-corrected chi connectivity index (χ1v) is 6.93. The van der Waals surface area contributed by atoms with Crippen molar-refractivity contribution in [2.75, 3.05) is 0 Å². The Bertz CT molecular complexity index is 308. The van der Waals surface area contributed by atoms with E-state index < -0.39 is 3.79 Å². The smallest absolute Gasteiger partial charge is 0.194 e. The van der Waals surface area contributed by atoms with Crippen LogP contribution < -0.4 is 4.74 Å². The van der Waals surface area contributed by atoms with Crippen LogP contribution in [0.5, 0.6) is 5.75 Å². The standard InChI is InChI=1S/C13H17Cl3O/c1-2-3-7-12(10-13(14,15)16)17-11-8-5-4-6-9-11/h4-6,8-9,12H,2-3,7,10H2,1H3. The minimum atomic E-state index is -1.26. The highest BCUT2D eigenvalue weighted by Gasteiger charge is 2.26. The molecule has 0 heterocycles. The maximum absolute atomic E-state index is 5.84. The van der Waals surface area contributed by atoms with Gasteiger partial charge in [0.15, 0.2) is 3.79 Å². The highest BCUT2D eigenvalue weighted by atomic mass is 35.6. The number of rotatable bonds is 6. The van der Waals surface area contributed by atoms with Crippen LogP contribution in [0.2, 0.25) is 0 Å². The van der Waals surface area contributed by atoms with E-state index in [0.717, 1.165) is 25.0 Å². The fourth-order valence-electron chi connectivity index (χ4n) is 1.58. The van der Waals surface area contributed by atoms with Gasteiger partial charge in [-0.3, -0.25) is 0 Å². The molecule has 0 saturated heterocycles. The minimum Gasteiger partial charge on any atom is -0.490 e. The molecular formula is C13H17Cl3O. The fraction of sp³-hybridized carbons (Fsp3) is 0.538. The van der Waals surface area contributed by atoms with Gasteiger partial charge in [-0.15, -0.1) is 0 Å². The Morgan fingerprint density at radius 3 is 2.35 bits per heavy atom. The third-order valence-corrected chi connectivity index (χ3v) is 2.85. The van der Waals surface area contributed by atoms with Crippen molar-refractivity contribution in [3.63, 3.8) is 0 Å². The molecule has 0 aliphatic heterocycles. The number of hydrogen-bond acceptors (Lipinski definition) is 1. The molecule has 1 unspecified atom stereocenters. The highest BCUT2D eigenvalue weighted by molar-refractivity contribution is 6.67. The SMILES string of the molecule is CCCCC(CC(Cl)(Cl)Cl)Oc1ccccc1. The van der Waals surface area contributed by atoms with Crippen molar-refractivity contribution < 1.29 is 4.74 Å². The lowest BCUT2D eigenvalue weighted by atomic mass is 10.1. The van der Waals surface area contributed by atoms with Crippen molar-refractivity contribution >= 4 is 34.8 Å². The first kappa shape index (κ1) is 14.9. The Balaban J connectivity index is 2.57. The van der Waals surface area contributed by atoms with Gasteiger partial charge in [-0.2, -0.15) is 0 Å². The predicted octanol–water partition coefficient (Wildman–Crippen LogP) is 5.38. The van der Waals surface area contributed by atoms with Crippen LogP contribution >= 0.6 is 34.8 Å². The van der Waals surface area contributed by atoms with Gasteiger partial charge in [0.05, 0.1) is 0 Å². The van der Waals surface area contributed by atoms with Crippen LogP contribution in [0.15, 0.2) is 30.3 Å².